The number of hydrogen-bond acceptors (Lipinski definition) is 5. The Morgan fingerprint density at radius 3 is 3.00 bits per heavy atom. The highest BCUT2D eigenvalue weighted by atomic mass is 32.1. The summed E-state index contributed by atoms with van der Waals surface area (Å²) in [6.07, 6.45) is 0. The number of nitrogens with one attached hydrogen (secondary N) is 1. The van der Waals surface area contributed by atoms with E-state index in [0.29, 0.717) is 23.0 Å². The van der Waals surface area contributed by atoms with E-state index in [0.717, 1.165) is 11.3 Å². The van der Waals surface area contributed by atoms with Gasteiger partial charge in [-0.15, -0.1) is 11.3 Å². The van der Waals surface area contributed by atoms with E-state index in [2.05, 4.69) is 10.3 Å². The number of benzene rings is 1. The molecule has 2 amide bonds. The lowest BCUT2D eigenvalue weighted by molar-refractivity contribution is -0.131. The Hall–Kier alpha value is -2.41. The van der Waals surface area contributed by atoms with Crippen LogP contribution in [0.25, 0.3) is 0 Å². The second-order valence-corrected chi connectivity index (χ2v) is 5.97. The van der Waals surface area contributed by atoms with Crippen LogP contribution in [0.5, 0.6) is 5.75 Å². The van der Waals surface area contributed by atoms with Gasteiger partial charge in [-0.2, -0.15) is 0 Å². The molecule has 2 aromatic rings. The van der Waals surface area contributed by atoms with E-state index in [4.69, 9.17) is 4.74 Å². The average Bonchev–Trinajstić information content (AvgIpc) is 2.84. The fourth-order valence-corrected chi connectivity index (χ4v) is 2.82. The Bertz CT molecular complexity index is 741. The summed E-state index contributed by atoms with van der Waals surface area (Å²) in [6.45, 7) is 2.33. The summed E-state index contributed by atoms with van der Waals surface area (Å²) in [5.41, 5.74) is 2.23. The molecule has 1 aromatic heterocycles. The molecule has 0 saturated carbocycles. The number of aryl methyl sites for hydroxylation is 1. The molecule has 0 radical (unpaired) electrons. The molecule has 7 heteroatoms. The van der Waals surface area contributed by atoms with Crippen molar-refractivity contribution in [3.05, 3.63) is 40.4 Å². The van der Waals surface area contributed by atoms with Gasteiger partial charge < -0.3 is 9.64 Å². The largest absolute Gasteiger partial charge is 0.483 e. The summed E-state index contributed by atoms with van der Waals surface area (Å²) >= 11 is 1.38. The zero-order valence-corrected chi connectivity index (χ0v) is 13.1. The fraction of sp³-hybridized carbons (Fsp3) is 0.267. The van der Waals surface area contributed by atoms with Gasteiger partial charge >= 0.3 is 0 Å². The van der Waals surface area contributed by atoms with Crippen molar-refractivity contribution >= 4 is 28.3 Å². The third kappa shape index (κ3) is 2.94. The van der Waals surface area contributed by atoms with Gasteiger partial charge in [-0.3, -0.25) is 14.9 Å². The smallest absolute Gasteiger partial charge is 0.260 e. The SMILES string of the molecule is Cc1csc(NC(=O)c2ccc3c(c2)OCC(=O)N(C)C3)n1. The molecule has 1 aliphatic heterocycles. The molecule has 0 spiro atoms. The first kappa shape index (κ1) is 14.5. The molecule has 22 heavy (non-hydrogen) atoms. The van der Waals surface area contributed by atoms with E-state index in [1.54, 1.807) is 24.1 Å². The standard InChI is InChI=1S/C15H15N3O3S/c1-9-8-22-15(16-9)17-14(20)10-3-4-11-6-18(2)13(19)7-21-12(11)5-10/h3-5,8H,6-7H2,1-2H3,(H,16,17,20). The molecule has 0 saturated heterocycles. The molecule has 0 aliphatic carbocycles. The first-order valence-corrected chi connectivity index (χ1v) is 7.64. The maximum absolute atomic E-state index is 12.2. The van der Waals surface area contributed by atoms with Gasteiger partial charge in [-0.1, -0.05) is 6.07 Å². The van der Waals surface area contributed by atoms with Gasteiger partial charge in [0.15, 0.2) is 11.7 Å². The van der Waals surface area contributed by atoms with Gasteiger partial charge in [0.1, 0.15) is 5.75 Å². The van der Waals surface area contributed by atoms with Crippen molar-refractivity contribution < 1.29 is 14.3 Å². The molecule has 0 atom stereocenters. The summed E-state index contributed by atoms with van der Waals surface area (Å²) < 4.78 is 5.49. The van der Waals surface area contributed by atoms with Crippen LogP contribution in [0.3, 0.4) is 0 Å². The molecule has 3 rings (SSSR count). The lowest BCUT2D eigenvalue weighted by Crippen LogP contribution is -2.28. The van der Waals surface area contributed by atoms with Crippen LogP contribution in [0.4, 0.5) is 5.13 Å². The van der Waals surface area contributed by atoms with Crippen molar-refractivity contribution in [2.24, 2.45) is 0 Å². The molecule has 1 aliphatic rings. The molecule has 6 nitrogen and oxygen atoms in total. The molecular weight excluding hydrogens is 302 g/mol. The van der Waals surface area contributed by atoms with Gasteiger partial charge in [-0.05, 0) is 19.1 Å². The van der Waals surface area contributed by atoms with Crippen LogP contribution in [0.1, 0.15) is 21.6 Å². The van der Waals surface area contributed by atoms with Crippen molar-refractivity contribution in [1.29, 1.82) is 0 Å². The van der Waals surface area contributed by atoms with E-state index in [1.165, 1.54) is 11.3 Å². The molecule has 2 heterocycles. The number of carbonyl (C=O) groups excluding carboxylic acids is 2. The molecule has 0 fully saturated rings. The highest BCUT2D eigenvalue weighted by molar-refractivity contribution is 7.13. The summed E-state index contributed by atoms with van der Waals surface area (Å²) in [7, 11) is 1.73. The second kappa shape index (κ2) is 5.76. The van der Waals surface area contributed by atoms with Gasteiger partial charge in [0.25, 0.3) is 11.8 Å². The molecule has 114 valence electrons. The number of rotatable bonds is 2. The van der Waals surface area contributed by atoms with Crippen LogP contribution < -0.4 is 10.1 Å². The summed E-state index contributed by atoms with van der Waals surface area (Å²) in [6, 6.07) is 5.20. The Morgan fingerprint density at radius 2 is 2.27 bits per heavy atom. The summed E-state index contributed by atoms with van der Waals surface area (Å²) in [5.74, 6) is 0.241. The quantitative estimate of drug-likeness (QED) is 0.920. The number of nitrogens with zero attached hydrogens (tertiary/aromatic N) is 2. The third-order valence-corrected chi connectivity index (χ3v) is 4.23. The van der Waals surface area contributed by atoms with Gasteiger partial charge in [0.2, 0.25) is 0 Å². The highest BCUT2D eigenvalue weighted by Gasteiger charge is 2.20. The minimum absolute atomic E-state index is 0.0136. The molecule has 0 unspecified atom stereocenters. The van der Waals surface area contributed by atoms with Gasteiger partial charge in [0.05, 0.1) is 5.69 Å². The first-order valence-electron chi connectivity index (χ1n) is 6.76. The lowest BCUT2D eigenvalue weighted by Gasteiger charge is -2.12. The van der Waals surface area contributed by atoms with Crippen LogP contribution in [0, 0.1) is 6.92 Å². The van der Waals surface area contributed by atoms with E-state index in [-0.39, 0.29) is 18.4 Å². The number of likely N-dealkylation sites (N-methyl/N-ethyl adjacent to an activating group) is 1. The number of anilines is 1. The maximum atomic E-state index is 12.2. The van der Waals surface area contributed by atoms with E-state index < -0.39 is 0 Å². The van der Waals surface area contributed by atoms with Crippen molar-refractivity contribution in [3.8, 4) is 5.75 Å². The minimum atomic E-state index is -0.246. The summed E-state index contributed by atoms with van der Waals surface area (Å²) in [4.78, 5) is 29.7. The van der Waals surface area contributed by atoms with Crippen molar-refractivity contribution in [3.63, 3.8) is 0 Å². The van der Waals surface area contributed by atoms with Gasteiger partial charge in [-0.25, -0.2) is 4.98 Å². The highest BCUT2D eigenvalue weighted by Crippen LogP contribution is 2.25. The van der Waals surface area contributed by atoms with Crippen LogP contribution in [-0.4, -0.2) is 35.4 Å². The number of aromatic nitrogens is 1. The zero-order chi connectivity index (χ0) is 15.7. The predicted molar refractivity (Wildman–Crippen MR) is 83.2 cm³/mol. The summed E-state index contributed by atoms with van der Waals surface area (Å²) in [5, 5.41) is 5.19. The van der Waals surface area contributed by atoms with Crippen molar-refractivity contribution in [2.45, 2.75) is 13.5 Å². The molecule has 1 aromatic carbocycles. The van der Waals surface area contributed by atoms with E-state index in [1.807, 2.05) is 18.4 Å². The Kier molecular flexibility index (Phi) is 3.81. The monoisotopic (exact) mass is 317 g/mol. The van der Waals surface area contributed by atoms with Crippen LogP contribution in [0.15, 0.2) is 23.6 Å². The normalized spacial score (nSPS) is 14.1. The minimum Gasteiger partial charge on any atom is -0.483 e. The molecular formula is C15H15N3O3S. The number of thiazole rings is 1. The number of hydrogen-bond donors (Lipinski definition) is 1. The van der Waals surface area contributed by atoms with Crippen LogP contribution in [-0.2, 0) is 11.3 Å². The molecule has 0 bridgehead atoms. The predicted octanol–water partition coefficient (Wildman–Crippen LogP) is 2.05. The van der Waals surface area contributed by atoms with Crippen LogP contribution >= 0.6 is 11.3 Å². The van der Waals surface area contributed by atoms with Crippen molar-refractivity contribution in [2.75, 3.05) is 19.0 Å². The Balaban J connectivity index is 1.81. The number of fused-ring (bicyclic) bond motifs is 1. The number of amides is 2. The van der Waals surface area contributed by atoms with Crippen LogP contribution in [0.2, 0.25) is 0 Å². The number of carbonyl (C=O) groups is 2. The van der Waals surface area contributed by atoms with Crippen molar-refractivity contribution in [1.82, 2.24) is 9.88 Å². The fourth-order valence-electron chi connectivity index (χ4n) is 2.13. The van der Waals surface area contributed by atoms with Gasteiger partial charge in [0, 0.05) is 30.1 Å². The van der Waals surface area contributed by atoms with E-state index >= 15 is 0 Å². The maximum Gasteiger partial charge on any atom is 0.260 e. The van der Waals surface area contributed by atoms with E-state index in [9.17, 15) is 9.59 Å². The lowest BCUT2D eigenvalue weighted by atomic mass is 10.1. The first-order chi connectivity index (χ1) is 10.5. The Labute approximate surface area is 131 Å². The zero-order valence-electron chi connectivity index (χ0n) is 12.3. The average molecular weight is 317 g/mol. The topological polar surface area (TPSA) is 71.5 Å². The number of ether oxygens (including phenoxy) is 1. The molecule has 1 N–H and O–H groups in total. The second-order valence-electron chi connectivity index (χ2n) is 5.11. The Morgan fingerprint density at radius 1 is 1.45 bits per heavy atom. The third-order valence-electron chi connectivity index (χ3n) is 3.35.